The van der Waals surface area contributed by atoms with Crippen molar-refractivity contribution in [2.24, 2.45) is 0 Å². The van der Waals surface area contributed by atoms with Crippen LogP contribution in [0.5, 0.6) is 0 Å². The fraction of sp³-hybridized carbons (Fsp3) is 0.333. The lowest BCUT2D eigenvalue weighted by atomic mass is 10.1. The molecule has 70 valence electrons. The van der Waals surface area contributed by atoms with Crippen molar-refractivity contribution < 1.29 is 9.66 Å². The third-order valence-electron chi connectivity index (χ3n) is 1.90. The molecule has 0 amide bonds. The van der Waals surface area contributed by atoms with Crippen molar-refractivity contribution in [1.82, 2.24) is 0 Å². The van der Waals surface area contributed by atoms with Gasteiger partial charge in [0.05, 0.1) is 11.0 Å². The third-order valence-corrected chi connectivity index (χ3v) is 1.90. The van der Waals surface area contributed by atoms with Crippen LogP contribution in [0.15, 0.2) is 24.3 Å². The highest BCUT2D eigenvalue weighted by Crippen LogP contribution is 2.20. The standard InChI is InChI=1S/C9H11NO3/c1-7(13-2)8-4-3-5-9(6-8)10(11)12/h3-7H,1-2H3. The second kappa shape index (κ2) is 4.00. The van der Waals surface area contributed by atoms with Gasteiger partial charge in [-0.25, -0.2) is 0 Å². The maximum Gasteiger partial charge on any atom is 0.269 e. The summed E-state index contributed by atoms with van der Waals surface area (Å²) in [5, 5.41) is 10.4. The van der Waals surface area contributed by atoms with E-state index in [1.165, 1.54) is 12.1 Å². The number of nitro groups is 1. The quantitative estimate of drug-likeness (QED) is 0.531. The van der Waals surface area contributed by atoms with Crippen molar-refractivity contribution in [3.63, 3.8) is 0 Å². The Morgan fingerprint density at radius 1 is 1.54 bits per heavy atom. The van der Waals surface area contributed by atoms with Gasteiger partial charge in [0.25, 0.3) is 5.69 Å². The van der Waals surface area contributed by atoms with Gasteiger partial charge in [-0.15, -0.1) is 0 Å². The first-order valence-electron chi connectivity index (χ1n) is 3.92. The van der Waals surface area contributed by atoms with Gasteiger partial charge in [0.1, 0.15) is 0 Å². The first-order chi connectivity index (χ1) is 6.15. The highest BCUT2D eigenvalue weighted by molar-refractivity contribution is 5.35. The molecule has 1 aromatic rings. The molecule has 1 atom stereocenters. The van der Waals surface area contributed by atoms with Gasteiger partial charge in [0.2, 0.25) is 0 Å². The van der Waals surface area contributed by atoms with Crippen molar-refractivity contribution in [3.8, 4) is 0 Å². The van der Waals surface area contributed by atoms with E-state index in [0.29, 0.717) is 0 Å². The van der Waals surface area contributed by atoms with Crippen LogP contribution in [0.2, 0.25) is 0 Å². The molecule has 4 heteroatoms. The maximum absolute atomic E-state index is 10.4. The summed E-state index contributed by atoms with van der Waals surface area (Å²) >= 11 is 0. The Hall–Kier alpha value is -1.42. The van der Waals surface area contributed by atoms with Crippen LogP contribution in [0, 0.1) is 10.1 Å². The topological polar surface area (TPSA) is 52.4 Å². The predicted octanol–water partition coefficient (Wildman–Crippen LogP) is 2.30. The normalized spacial score (nSPS) is 12.5. The van der Waals surface area contributed by atoms with E-state index in [9.17, 15) is 10.1 Å². The van der Waals surface area contributed by atoms with E-state index in [1.807, 2.05) is 6.92 Å². The van der Waals surface area contributed by atoms with E-state index in [1.54, 1.807) is 19.2 Å². The molecule has 0 spiro atoms. The number of nitrogens with zero attached hydrogens (tertiary/aromatic N) is 1. The summed E-state index contributed by atoms with van der Waals surface area (Å²) in [4.78, 5) is 10.0. The van der Waals surface area contributed by atoms with Crippen molar-refractivity contribution in [3.05, 3.63) is 39.9 Å². The number of nitro benzene ring substituents is 1. The molecule has 0 fully saturated rings. The van der Waals surface area contributed by atoms with E-state index in [2.05, 4.69) is 0 Å². The van der Waals surface area contributed by atoms with Crippen LogP contribution in [-0.2, 0) is 4.74 Å². The zero-order valence-electron chi connectivity index (χ0n) is 7.56. The Morgan fingerprint density at radius 2 is 2.23 bits per heavy atom. The Labute approximate surface area is 76.3 Å². The molecule has 0 aliphatic heterocycles. The minimum Gasteiger partial charge on any atom is -0.377 e. The lowest BCUT2D eigenvalue weighted by molar-refractivity contribution is -0.385. The molecule has 0 aromatic heterocycles. The summed E-state index contributed by atoms with van der Waals surface area (Å²) in [6.45, 7) is 1.85. The van der Waals surface area contributed by atoms with E-state index in [0.717, 1.165) is 5.56 Å². The highest BCUT2D eigenvalue weighted by Gasteiger charge is 2.09. The Kier molecular flexibility index (Phi) is 2.97. The molecule has 1 aromatic carbocycles. The minimum atomic E-state index is -0.411. The summed E-state index contributed by atoms with van der Waals surface area (Å²) in [6, 6.07) is 6.45. The van der Waals surface area contributed by atoms with Crippen molar-refractivity contribution in [2.45, 2.75) is 13.0 Å². The largest absolute Gasteiger partial charge is 0.377 e. The third kappa shape index (κ3) is 2.26. The average Bonchev–Trinajstić information content (AvgIpc) is 2.17. The van der Waals surface area contributed by atoms with Crippen LogP contribution in [0.3, 0.4) is 0 Å². The molecule has 4 nitrogen and oxygen atoms in total. The molecular formula is C9H11NO3. The van der Waals surface area contributed by atoms with E-state index >= 15 is 0 Å². The molecule has 0 N–H and O–H groups in total. The van der Waals surface area contributed by atoms with Crippen LogP contribution in [-0.4, -0.2) is 12.0 Å². The van der Waals surface area contributed by atoms with Crippen molar-refractivity contribution in [2.75, 3.05) is 7.11 Å². The van der Waals surface area contributed by atoms with Crippen LogP contribution >= 0.6 is 0 Å². The maximum atomic E-state index is 10.4. The number of non-ortho nitro benzene ring substituents is 1. The van der Waals surface area contributed by atoms with Gasteiger partial charge in [0, 0.05) is 19.2 Å². The average molecular weight is 181 g/mol. The van der Waals surface area contributed by atoms with Crippen LogP contribution in [0.4, 0.5) is 5.69 Å². The number of hydrogen-bond acceptors (Lipinski definition) is 3. The van der Waals surface area contributed by atoms with E-state index < -0.39 is 4.92 Å². The minimum absolute atomic E-state index is 0.0985. The second-order valence-electron chi connectivity index (χ2n) is 2.73. The summed E-state index contributed by atoms with van der Waals surface area (Å²) in [6.07, 6.45) is -0.111. The van der Waals surface area contributed by atoms with Gasteiger partial charge in [-0.05, 0) is 12.5 Å². The number of methoxy groups -OCH3 is 1. The zero-order valence-corrected chi connectivity index (χ0v) is 7.56. The Balaban J connectivity index is 2.98. The molecule has 13 heavy (non-hydrogen) atoms. The fourth-order valence-electron chi connectivity index (χ4n) is 1.03. The number of hydrogen-bond donors (Lipinski definition) is 0. The fourth-order valence-corrected chi connectivity index (χ4v) is 1.03. The molecular weight excluding hydrogens is 170 g/mol. The number of rotatable bonds is 3. The number of ether oxygens (including phenoxy) is 1. The van der Waals surface area contributed by atoms with E-state index in [4.69, 9.17) is 4.74 Å². The Bertz CT molecular complexity index is 311. The second-order valence-corrected chi connectivity index (χ2v) is 2.73. The van der Waals surface area contributed by atoms with Gasteiger partial charge in [-0.2, -0.15) is 0 Å². The number of benzene rings is 1. The molecule has 0 radical (unpaired) electrons. The molecule has 0 aliphatic rings. The van der Waals surface area contributed by atoms with Crippen molar-refractivity contribution in [1.29, 1.82) is 0 Å². The molecule has 0 heterocycles. The van der Waals surface area contributed by atoms with Crippen LogP contribution in [0.1, 0.15) is 18.6 Å². The van der Waals surface area contributed by atoms with Crippen LogP contribution in [0.25, 0.3) is 0 Å². The zero-order chi connectivity index (χ0) is 9.84. The monoisotopic (exact) mass is 181 g/mol. The smallest absolute Gasteiger partial charge is 0.269 e. The summed E-state index contributed by atoms with van der Waals surface area (Å²) < 4.78 is 5.05. The summed E-state index contributed by atoms with van der Waals surface area (Å²) in [5.74, 6) is 0. The summed E-state index contributed by atoms with van der Waals surface area (Å²) in [5.41, 5.74) is 0.915. The Morgan fingerprint density at radius 3 is 2.77 bits per heavy atom. The molecule has 1 unspecified atom stereocenters. The van der Waals surface area contributed by atoms with Gasteiger partial charge >= 0.3 is 0 Å². The molecule has 0 bridgehead atoms. The van der Waals surface area contributed by atoms with E-state index in [-0.39, 0.29) is 11.8 Å². The van der Waals surface area contributed by atoms with Gasteiger partial charge < -0.3 is 4.74 Å². The van der Waals surface area contributed by atoms with Crippen molar-refractivity contribution >= 4 is 5.69 Å². The lowest BCUT2D eigenvalue weighted by Gasteiger charge is -2.08. The van der Waals surface area contributed by atoms with Gasteiger partial charge in [-0.3, -0.25) is 10.1 Å². The highest BCUT2D eigenvalue weighted by atomic mass is 16.6. The van der Waals surface area contributed by atoms with Crippen LogP contribution < -0.4 is 0 Å². The first kappa shape index (κ1) is 9.67. The first-order valence-corrected chi connectivity index (χ1v) is 3.92. The van der Waals surface area contributed by atoms with Gasteiger partial charge in [-0.1, -0.05) is 12.1 Å². The lowest BCUT2D eigenvalue weighted by Crippen LogP contribution is -1.96. The molecule has 1 rings (SSSR count). The molecule has 0 saturated carbocycles. The molecule has 0 aliphatic carbocycles. The summed E-state index contributed by atoms with van der Waals surface area (Å²) in [7, 11) is 1.57. The molecule has 0 saturated heterocycles. The predicted molar refractivity (Wildman–Crippen MR) is 48.5 cm³/mol. The SMILES string of the molecule is COC(C)c1cccc([N+](=O)[O-])c1. The van der Waals surface area contributed by atoms with Gasteiger partial charge in [0.15, 0.2) is 0 Å².